The third-order valence-electron chi connectivity index (χ3n) is 5.37. The van der Waals surface area contributed by atoms with E-state index in [0.29, 0.717) is 28.5 Å². The maximum atomic E-state index is 13.6. The number of carbonyl (C=O) groups excluding carboxylic acids is 1. The van der Waals surface area contributed by atoms with Gasteiger partial charge < -0.3 is 14.2 Å². The molecule has 0 aliphatic rings. The summed E-state index contributed by atoms with van der Waals surface area (Å²) in [6.07, 6.45) is 0. The Labute approximate surface area is 211 Å². The molecule has 3 rings (SSSR count). The van der Waals surface area contributed by atoms with E-state index in [-0.39, 0.29) is 10.6 Å². The van der Waals surface area contributed by atoms with E-state index >= 15 is 0 Å². The molecule has 0 spiro atoms. The Morgan fingerprint density at radius 2 is 1.53 bits per heavy atom. The Balaban J connectivity index is 1.92. The highest BCUT2D eigenvalue weighted by molar-refractivity contribution is 7.92. The molecule has 0 aromatic heterocycles. The number of anilines is 1. The number of hydrazone groups is 1. The Morgan fingerprint density at radius 1 is 0.889 bits per heavy atom. The van der Waals surface area contributed by atoms with Gasteiger partial charge in [0, 0.05) is 5.56 Å². The quantitative estimate of drug-likeness (QED) is 0.328. The van der Waals surface area contributed by atoms with Gasteiger partial charge in [0.2, 0.25) is 0 Å². The van der Waals surface area contributed by atoms with Crippen LogP contribution in [0.5, 0.6) is 17.2 Å². The number of rotatable bonds is 10. The number of hydrogen-bond donors (Lipinski definition) is 1. The molecule has 0 unspecified atom stereocenters. The highest BCUT2D eigenvalue weighted by Gasteiger charge is 2.29. The zero-order valence-electron chi connectivity index (χ0n) is 20.8. The van der Waals surface area contributed by atoms with Crippen molar-refractivity contribution in [2.24, 2.45) is 5.10 Å². The molecule has 190 valence electrons. The highest BCUT2D eigenvalue weighted by atomic mass is 32.2. The van der Waals surface area contributed by atoms with Crippen molar-refractivity contribution in [3.63, 3.8) is 0 Å². The first kappa shape index (κ1) is 26.6. The minimum absolute atomic E-state index is 0.0476. The molecule has 36 heavy (non-hydrogen) atoms. The van der Waals surface area contributed by atoms with E-state index in [1.54, 1.807) is 61.5 Å². The van der Waals surface area contributed by atoms with E-state index in [9.17, 15) is 13.2 Å². The fourth-order valence-corrected chi connectivity index (χ4v) is 4.90. The lowest BCUT2D eigenvalue weighted by atomic mass is 10.1. The fraction of sp³-hybridized carbons (Fsp3) is 0.231. The molecule has 3 aromatic carbocycles. The molecule has 0 aliphatic heterocycles. The van der Waals surface area contributed by atoms with Crippen molar-refractivity contribution in [2.45, 2.75) is 18.7 Å². The molecule has 0 bridgehead atoms. The van der Waals surface area contributed by atoms with Crippen LogP contribution in [0.3, 0.4) is 0 Å². The predicted molar refractivity (Wildman–Crippen MR) is 139 cm³/mol. The molecular formula is C26H29N3O6S. The van der Waals surface area contributed by atoms with Crippen LogP contribution in [0.15, 0.2) is 76.7 Å². The third-order valence-corrected chi connectivity index (χ3v) is 7.15. The number of carbonyl (C=O) groups is 1. The minimum atomic E-state index is -4.09. The van der Waals surface area contributed by atoms with Crippen LogP contribution >= 0.6 is 0 Å². The number of amides is 1. The number of nitrogens with zero attached hydrogens (tertiary/aromatic N) is 2. The number of methoxy groups -OCH3 is 3. The molecule has 0 radical (unpaired) electrons. The van der Waals surface area contributed by atoms with Crippen molar-refractivity contribution in [3.05, 3.63) is 77.9 Å². The third kappa shape index (κ3) is 5.95. The van der Waals surface area contributed by atoms with Gasteiger partial charge in [-0.3, -0.25) is 9.10 Å². The van der Waals surface area contributed by atoms with Gasteiger partial charge in [-0.15, -0.1) is 0 Å². The lowest BCUT2D eigenvalue weighted by molar-refractivity contribution is -0.119. The second kappa shape index (κ2) is 11.6. The average Bonchev–Trinajstić information content (AvgIpc) is 2.90. The van der Waals surface area contributed by atoms with Gasteiger partial charge in [0.15, 0.2) is 11.5 Å². The molecule has 9 nitrogen and oxygen atoms in total. The standard InChI is InChI=1S/C26H29N3O6S/c1-18-11-13-23(33-3)22(15-18)29(36(31,32)21-9-7-6-8-10-21)17-26(30)28-27-19(2)20-12-14-24(34-4)25(16-20)35-5/h6-16H,17H2,1-5H3,(H,28,30)/b27-19-. The van der Waals surface area contributed by atoms with E-state index in [0.717, 1.165) is 9.87 Å². The van der Waals surface area contributed by atoms with Crippen LogP contribution in [0.4, 0.5) is 5.69 Å². The van der Waals surface area contributed by atoms with Gasteiger partial charge in [-0.2, -0.15) is 5.10 Å². The van der Waals surface area contributed by atoms with Crippen molar-refractivity contribution in [1.29, 1.82) is 0 Å². The lowest BCUT2D eigenvalue weighted by Gasteiger charge is -2.25. The molecule has 0 fully saturated rings. The Morgan fingerprint density at radius 3 is 2.17 bits per heavy atom. The van der Waals surface area contributed by atoms with Gasteiger partial charge >= 0.3 is 0 Å². The van der Waals surface area contributed by atoms with Crippen LogP contribution < -0.4 is 23.9 Å². The van der Waals surface area contributed by atoms with E-state index < -0.39 is 22.5 Å². The van der Waals surface area contributed by atoms with Crippen LogP contribution in [-0.4, -0.2) is 47.9 Å². The lowest BCUT2D eigenvalue weighted by Crippen LogP contribution is -2.40. The Bertz CT molecular complexity index is 1360. The van der Waals surface area contributed by atoms with Crippen LogP contribution in [0.25, 0.3) is 0 Å². The maximum Gasteiger partial charge on any atom is 0.264 e. The molecule has 10 heteroatoms. The zero-order valence-corrected chi connectivity index (χ0v) is 21.6. The van der Waals surface area contributed by atoms with Crippen molar-refractivity contribution in [3.8, 4) is 17.2 Å². The first-order chi connectivity index (χ1) is 17.2. The van der Waals surface area contributed by atoms with Crippen LogP contribution in [-0.2, 0) is 14.8 Å². The van der Waals surface area contributed by atoms with E-state index in [1.165, 1.54) is 33.5 Å². The summed E-state index contributed by atoms with van der Waals surface area (Å²) in [5.41, 5.74) is 4.70. The molecule has 3 aromatic rings. The number of ether oxygens (including phenoxy) is 3. The van der Waals surface area contributed by atoms with Crippen LogP contribution in [0.1, 0.15) is 18.1 Å². The number of benzene rings is 3. The van der Waals surface area contributed by atoms with Gasteiger partial charge in [0.05, 0.1) is 37.6 Å². The molecule has 0 atom stereocenters. The second-order valence-corrected chi connectivity index (χ2v) is 9.66. The maximum absolute atomic E-state index is 13.6. The van der Waals surface area contributed by atoms with Crippen molar-refractivity contribution in [2.75, 3.05) is 32.2 Å². The van der Waals surface area contributed by atoms with Gasteiger partial charge in [-0.1, -0.05) is 24.3 Å². The topological polar surface area (TPSA) is 107 Å². The number of sulfonamides is 1. The summed E-state index contributed by atoms with van der Waals surface area (Å²) < 4.78 is 44.1. The van der Waals surface area contributed by atoms with Crippen molar-refractivity contribution in [1.82, 2.24) is 5.43 Å². The SMILES string of the molecule is COc1ccc(/C(C)=N\NC(=O)CN(c2cc(C)ccc2OC)S(=O)(=O)c2ccccc2)cc1OC. The molecule has 0 saturated heterocycles. The smallest absolute Gasteiger partial charge is 0.264 e. The van der Waals surface area contributed by atoms with Gasteiger partial charge in [-0.05, 0) is 61.9 Å². The fourth-order valence-electron chi connectivity index (χ4n) is 3.45. The van der Waals surface area contributed by atoms with Gasteiger partial charge in [0.1, 0.15) is 12.3 Å². The summed E-state index contributed by atoms with van der Waals surface area (Å²) in [6, 6.07) is 18.3. The van der Waals surface area contributed by atoms with Crippen LogP contribution in [0, 0.1) is 6.92 Å². The number of nitrogens with one attached hydrogen (secondary N) is 1. The normalized spacial score (nSPS) is 11.5. The summed E-state index contributed by atoms with van der Waals surface area (Å²) in [5.74, 6) is 0.769. The molecule has 0 saturated carbocycles. The second-order valence-electron chi connectivity index (χ2n) is 7.80. The molecule has 0 aliphatic carbocycles. The average molecular weight is 512 g/mol. The van der Waals surface area contributed by atoms with E-state index in [1.807, 2.05) is 6.92 Å². The number of hydrogen-bond acceptors (Lipinski definition) is 7. The first-order valence-corrected chi connectivity index (χ1v) is 12.4. The van der Waals surface area contributed by atoms with Gasteiger partial charge in [-0.25, -0.2) is 13.8 Å². The summed E-state index contributed by atoms with van der Waals surface area (Å²) in [6.45, 7) is 3.02. The van der Waals surface area contributed by atoms with Gasteiger partial charge in [0.25, 0.3) is 15.9 Å². The first-order valence-electron chi connectivity index (χ1n) is 11.0. The molecule has 0 heterocycles. The van der Waals surface area contributed by atoms with Crippen LogP contribution in [0.2, 0.25) is 0 Å². The molecule has 1 N–H and O–H groups in total. The molecular weight excluding hydrogens is 482 g/mol. The Hall–Kier alpha value is -4.05. The predicted octanol–water partition coefficient (Wildman–Crippen LogP) is 3.76. The summed E-state index contributed by atoms with van der Waals surface area (Å²) in [4.78, 5) is 13.0. The van der Waals surface area contributed by atoms with Crippen molar-refractivity contribution < 1.29 is 27.4 Å². The monoisotopic (exact) mass is 511 g/mol. The van der Waals surface area contributed by atoms with Crippen molar-refractivity contribution >= 4 is 27.3 Å². The highest BCUT2D eigenvalue weighted by Crippen LogP contribution is 2.33. The van der Waals surface area contributed by atoms with E-state index in [4.69, 9.17) is 14.2 Å². The zero-order chi connectivity index (χ0) is 26.3. The Kier molecular flexibility index (Phi) is 8.55. The number of aryl methyl sites for hydroxylation is 1. The summed E-state index contributed by atoms with van der Waals surface area (Å²) in [5, 5.41) is 4.15. The van der Waals surface area contributed by atoms with E-state index in [2.05, 4.69) is 10.5 Å². The molecule has 1 amide bonds. The minimum Gasteiger partial charge on any atom is -0.495 e. The summed E-state index contributed by atoms with van der Waals surface area (Å²) in [7, 11) is 0.414. The largest absolute Gasteiger partial charge is 0.495 e. The summed E-state index contributed by atoms with van der Waals surface area (Å²) >= 11 is 0.